The molecule has 0 amide bonds. The SMILES string of the molecule is O=C1/C(=C/c2ccc(-c3ccccc3)cc2)Oc2c1ccc(O)c2CN1CCN(Cc2ccccc2)CC1. The predicted molar refractivity (Wildman–Crippen MR) is 150 cm³/mol. The van der Waals surface area contributed by atoms with Crippen LogP contribution in [0, 0.1) is 0 Å². The number of phenols is 1. The molecule has 6 rings (SSSR count). The molecule has 38 heavy (non-hydrogen) atoms. The van der Waals surface area contributed by atoms with Crippen molar-refractivity contribution in [1.29, 1.82) is 0 Å². The first-order chi connectivity index (χ1) is 18.6. The fourth-order valence-corrected chi connectivity index (χ4v) is 5.17. The molecule has 2 aliphatic rings. The van der Waals surface area contributed by atoms with E-state index in [9.17, 15) is 9.90 Å². The zero-order valence-corrected chi connectivity index (χ0v) is 21.2. The molecule has 0 unspecified atom stereocenters. The third kappa shape index (κ3) is 5.12. The van der Waals surface area contributed by atoms with E-state index < -0.39 is 0 Å². The molecule has 0 aromatic heterocycles. The van der Waals surface area contributed by atoms with Crippen LogP contribution >= 0.6 is 0 Å². The molecular weight excluding hydrogens is 472 g/mol. The van der Waals surface area contributed by atoms with Crippen LogP contribution < -0.4 is 4.74 Å². The molecule has 1 saturated heterocycles. The van der Waals surface area contributed by atoms with Gasteiger partial charge in [0.15, 0.2) is 5.76 Å². The molecule has 4 aromatic rings. The Hall–Kier alpha value is -4.19. The van der Waals surface area contributed by atoms with E-state index in [4.69, 9.17) is 4.74 Å². The number of ether oxygens (including phenoxy) is 1. The molecule has 4 aromatic carbocycles. The summed E-state index contributed by atoms with van der Waals surface area (Å²) in [5, 5.41) is 10.7. The number of hydrogen-bond donors (Lipinski definition) is 1. The van der Waals surface area contributed by atoms with Crippen LogP contribution in [0.3, 0.4) is 0 Å². The van der Waals surface area contributed by atoms with E-state index in [0.29, 0.717) is 23.4 Å². The fraction of sp³-hybridized carbons (Fsp3) is 0.182. The number of rotatable bonds is 6. The van der Waals surface area contributed by atoms with Gasteiger partial charge in [0, 0.05) is 39.3 Å². The van der Waals surface area contributed by atoms with Crippen molar-refractivity contribution < 1.29 is 14.6 Å². The van der Waals surface area contributed by atoms with Crippen molar-refractivity contribution in [1.82, 2.24) is 9.80 Å². The second-order valence-corrected chi connectivity index (χ2v) is 9.91. The van der Waals surface area contributed by atoms with Crippen LogP contribution in [0.15, 0.2) is 103 Å². The number of benzene rings is 4. The van der Waals surface area contributed by atoms with Crippen LogP contribution in [-0.4, -0.2) is 46.9 Å². The summed E-state index contributed by atoms with van der Waals surface area (Å²) in [5.74, 6) is 0.777. The quantitative estimate of drug-likeness (QED) is 0.328. The van der Waals surface area contributed by atoms with Crippen LogP contribution in [0.25, 0.3) is 17.2 Å². The molecule has 0 aliphatic carbocycles. The number of phenolic OH excluding ortho intramolecular Hbond substituents is 1. The summed E-state index contributed by atoms with van der Waals surface area (Å²) >= 11 is 0. The summed E-state index contributed by atoms with van der Waals surface area (Å²) in [7, 11) is 0. The standard InChI is InChI=1S/C33H30N2O3/c36-30-16-15-28-32(37)31(21-24-11-13-27(14-12-24)26-9-5-2-6-10-26)38-33(28)29(30)23-35-19-17-34(18-20-35)22-25-7-3-1-4-8-25/h1-16,21,36H,17-20,22-23H2/b31-21-. The van der Waals surface area contributed by atoms with Gasteiger partial charge in [0.1, 0.15) is 11.5 Å². The minimum atomic E-state index is -0.152. The Balaban J connectivity index is 1.15. The van der Waals surface area contributed by atoms with Crippen molar-refractivity contribution >= 4 is 11.9 Å². The van der Waals surface area contributed by atoms with E-state index in [1.54, 1.807) is 18.2 Å². The van der Waals surface area contributed by atoms with Crippen molar-refractivity contribution in [2.45, 2.75) is 13.1 Å². The molecule has 0 bridgehead atoms. The first kappa shape index (κ1) is 24.2. The predicted octanol–water partition coefficient (Wildman–Crippen LogP) is 5.99. The van der Waals surface area contributed by atoms with Crippen LogP contribution in [0.5, 0.6) is 11.5 Å². The van der Waals surface area contributed by atoms with Gasteiger partial charge in [0.05, 0.1) is 11.1 Å². The summed E-state index contributed by atoms with van der Waals surface area (Å²) in [6.07, 6.45) is 1.78. The number of allylic oxidation sites excluding steroid dienone is 1. The summed E-state index contributed by atoms with van der Waals surface area (Å²) in [6.45, 7) is 5.17. The molecule has 1 N–H and O–H groups in total. The van der Waals surface area contributed by atoms with Gasteiger partial charge in [-0.25, -0.2) is 0 Å². The average Bonchev–Trinajstić information content (AvgIpc) is 3.27. The maximum Gasteiger partial charge on any atom is 0.231 e. The lowest BCUT2D eigenvalue weighted by molar-refractivity contribution is 0.101. The second-order valence-electron chi connectivity index (χ2n) is 9.91. The van der Waals surface area contributed by atoms with Gasteiger partial charge >= 0.3 is 0 Å². The minimum absolute atomic E-state index is 0.152. The van der Waals surface area contributed by atoms with Crippen molar-refractivity contribution in [3.05, 3.63) is 125 Å². The molecule has 0 radical (unpaired) electrons. The molecule has 2 aliphatic heterocycles. The van der Waals surface area contributed by atoms with Crippen LogP contribution in [0.1, 0.15) is 27.0 Å². The van der Waals surface area contributed by atoms with Gasteiger partial charge in [-0.15, -0.1) is 0 Å². The molecule has 5 nitrogen and oxygen atoms in total. The number of ketones is 1. The van der Waals surface area contributed by atoms with E-state index in [-0.39, 0.29) is 17.3 Å². The number of carbonyl (C=O) groups excluding carboxylic acids is 1. The fourth-order valence-electron chi connectivity index (χ4n) is 5.17. The van der Waals surface area contributed by atoms with Gasteiger partial charge in [-0.05, 0) is 40.5 Å². The van der Waals surface area contributed by atoms with E-state index >= 15 is 0 Å². The largest absolute Gasteiger partial charge is 0.507 e. The first-order valence-corrected chi connectivity index (χ1v) is 13.1. The minimum Gasteiger partial charge on any atom is -0.507 e. The van der Waals surface area contributed by atoms with E-state index in [0.717, 1.165) is 49.4 Å². The Kier molecular flexibility index (Phi) is 6.78. The summed E-state index contributed by atoms with van der Waals surface area (Å²) in [4.78, 5) is 17.9. The Morgan fingerprint density at radius 2 is 1.32 bits per heavy atom. The van der Waals surface area contributed by atoms with E-state index in [2.05, 4.69) is 46.2 Å². The Labute approximate surface area is 223 Å². The number of nitrogens with zero attached hydrogens (tertiary/aromatic N) is 2. The lowest BCUT2D eigenvalue weighted by Crippen LogP contribution is -2.45. The highest BCUT2D eigenvalue weighted by Gasteiger charge is 2.32. The highest BCUT2D eigenvalue weighted by Crippen LogP contribution is 2.40. The normalized spacial score (nSPS) is 16.9. The number of carbonyl (C=O) groups is 1. The summed E-state index contributed by atoms with van der Waals surface area (Å²) < 4.78 is 6.11. The van der Waals surface area contributed by atoms with Crippen LogP contribution in [0.2, 0.25) is 0 Å². The summed E-state index contributed by atoms with van der Waals surface area (Å²) in [5.41, 5.74) is 5.66. The smallest absolute Gasteiger partial charge is 0.231 e. The zero-order valence-electron chi connectivity index (χ0n) is 21.2. The van der Waals surface area contributed by atoms with Crippen molar-refractivity contribution in [2.75, 3.05) is 26.2 Å². The number of Topliss-reactive ketones (excluding diaryl/α,β-unsaturated/α-hetero) is 1. The Morgan fingerprint density at radius 3 is 2.00 bits per heavy atom. The molecule has 1 fully saturated rings. The maximum absolute atomic E-state index is 13.2. The lowest BCUT2D eigenvalue weighted by atomic mass is 10.0. The molecule has 0 spiro atoms. The first-order valence-electron chi connectivity index (χ1n) is 13.1. The maximum atomic E-state index is 13.2. The van der Waals surface area contributed by atoms with Gasteiger partial charge in [-0.1, -0.05) is 84.9 Å². The average molecular weight is 503 g/mol. The van der Waals surface area contributed by atoms with Crippen LogP contribution in [0.4, 0.5) is 0 Å². The van der Waals surface area contributed by atoms with E-state index in [1.807, 2.05) is 48.5 Å². The van der Waals surface area contributed by atoms with Crippen molar-refractivity contribution in [3.8, 4) is 22.6 Å². The monoisotopic (exact) mass is 502 g/mol. The summed E-state index contributed by atoms with van der Waals surface area (Å²) in [6, 6.07) is 32.0. The highest BCUT2D eigenvalue weighted by molar-refractivity contribution is 6.15. The molecular formula is C33H30N2O3. The molecule has 0 atom stereocenters. The third-order valence-electron chi connectivity index (χ3n) is 7.33. The van der Waals surface area contributed by atoms with Gasteiger partial charge < -0.3 is 9.84 Å². The third-order valence-corrected chi connectivity index (χ3v) is 7.33. The number of piperazine rings is 1. The molecule has 0 saturated carbocycles. The van der Waals surface area contributed by atoms with Gasteiger partial charge in [0.25, 0.3) is 0 Å². The zero-order chi connectivity index (χ0) is 25.9. The van der Waals surface area contributed by atoms with Crippen molar-refractivity contribution in [2.24, 2.45) is 0 Å². The second kappa shape index (κ2) is 10.7. The number of hydrogen-bond acceptors (Lipinski definition) is 5. The molecule has 190 valence electrons. The van der Waals surface area contributed by atoms with Crippen molar-refractivity contribution in [3.63, 3.8) is 0 Å². The van der Waals surface area contributed by atoms with Gasteiger partial charge in [-0.2, -0.15) is 0 Å². The molecule has 2 heterocycles. The Morgan fingerprint density at radius 1 is 0.711 bits per heavy atom. The lowest BCUT2D eigenvalue weighted by Gasteiger charge is -2.35. The molecule has 5 heteroatoms. The number of aromatic hydroxyl groups is 1. The van der Waals surface area contributed by atoms with E-state index in [1.165, 1.54) is 5.56 Å². The Bertz CT molecular complexity index is 1460. The van der Waals surface area contributed by atoms with Crippen LogP contribution in [-0.2, 0) is 13.1 Å². The number of fused-ring (bicyclic) bond motifs is 1. The van der Waals surface area contributed by atoms with Gasteiger partial charge in [0.2, 0.25) is 5.78 Å². The van der Waals surface area contributed by atoms with Gasteiger partial charge in [-0.3, -0.25) is 14.6 Å². The highest BCUT2D eigenvalue weighted by atomic mass is 16.5. The topological polar surface area (TPSA) is 53.0 Å².